The Labute approximate surface area is 244 Å². The summed E-state index contributed by atoms with van der Waals surface area (Å²) in [6.07, 6.45) is 35.3. The van der Waals surface area contributed by atoms with Crippen molar-refractivity contribution in [1.29, 1.82) is 0 Å². The molecule has 0 unspecified atom stereocenters. The highest BCUT2D eigenvalue weighted by atomic mass is 16.5. The molecule has 0 aromatic heterocycles. The van der Waals surface area contributed by atoms with Gasteiger partial charge in [0.1, 0.15) is 0 Å². The molecule has 0 aromatic rings. The highest BCUT2D eigenvalue weighted by molar-refractivity contribution is 5.69. The fraction of sp³-hybridized carbons (Fsp3) is 0.943. The second kappa shape index (κ2) is 35.0. The third-order valence-corrected chi connectivity index (χ3v) is 7.35. The van der Waals surface area contributed by atoms with Gasteiger partial charge in [-0.15, -0.1) is 0 Å². The number of esters is 1. The molecule has 0 aliphatic heterocycles. The molecule has 0 radical (unpaired) electrons. The minimum Gasteiger partial charge on any atom is -0.481 e. The molecule has 0 fully saturated rings. The van der Waals surface area contributed by atoms with Crippen molar-refractivity contribution in [2.45, 2.75) is 214 Å². The van der Waals surface area contributed by atoms with E-state index >= 15 is 0 Å². The summed E-state index contributed by atoms with van der Waals surface area (Å²) in [6, 6.07) is 0. The number of hydrogen-bond acceptors (Lipinski definition) is 3. The first-order chi connectivity index (χ1) is 18.9. The Balaban J connectivity index is 0. The Morgan fingerprint density at radius 2 is 0.718 bits per heavy atom. The monoisotopic (exact) mass is 555 g/mol. The summed E-state index contributed by atoms with van der Waals surface area (Å²) in [5, 5.41) is 8.46. The van der Waals surface area contributed by atoms with E-state index in [1.807, 2.05) is 13.8 Å². The summed E-state index contributed by atoms with van der Waals surface area (Å²) in [7, 11) is 0. The fourth-order valence-corrected chi connectivity index (χ4v) is 4.90. The zero-order valence-corrected chi connectivity index (χ0v) is 27.0. The van der Waals surface area contributed by atoms with Crippen LogP contribution in [0.1, 0.15) is 207 Å². The van der Waals surface area contributed by atoms with Gasteiger partial charge in [-0.3, -0.25) is 9.59 Å². The molecule has 0 rings (SSSR count). The molecule has 0 saturated carbocycles. The smallest absolute Gasteiger partial charge is 0.306 e. The van der Waals surface area contributed by atoms with Crippen LogP contribution in [0.5, 0.6) is 0 Å². The molecular formula is C35H70O4. The number of ether oxygens (including phenoxy) is 1. The van der Waals surface area contributed by atoms with Crippen molar-refractivity contribution >= 4 is 11.9 Å². The lowest BCUT2D eigenvalue weighted by Crippen LogP contribution is -2.10. The van der Waals surface area contributed by atoms with Crippen molar-refractivity contribution in [2.24, 2.45) is 0 Å². The quantitative estimate of drug-likeness (QED) is 0.0737. The first kappa shape index (κ1) is 40.1. The van der Waals surface area contributed by atoms with Crippen LogP contribution in [0.15, 0.2) is 0 Å². The number of aliphatic carboxylic acids is 1. The molecule has 0 saturated heterocycles. The van der Waals surface area contributed by atoms with E-state index in [1.165, 1.54) is 148 Å². The Kier molecular flexibility index (Phi) is 35.9. The summed E-state index contributed by atoms with van der Waals surface area (Å²) in [5.41, 5.74) is 0. The molecule has 4 nitrogen and oxygen atoms in total. The number of rotatable bonds is 29. The molecule has 1 N–H and O–H groups in total. The van der Waals surface area contributed by atoms with Gasteiger partial charge < -0.3 is 9.84 Å². The van der Waals surface area contributed by atoms with Crippen molar-refractivity contribution in [3.05, 3.63) is 0 Å². The largest absolute Gasteiger partial charge is 0.481 e. The lowest BCUT2D eigenvalue weighted by molar-refractivity contribution is -0.147. The van der Waals surface area contributed by atoms with E-state index < -0.39 is 5.97 Å². The molecule has 0 heterocycles. The van der Waals surface area contributed by atoms with Crippen LogP contribution in [0.25, 0.3) is 0 Å². The van der Waals surface area contributed by atoms with Crippen LogP contribution in [0.3, 0.4) is 0 Å². The maximum Gasteiger partial charge on any atom is 0.306 e. The number of unbranched alkanes of at least 4 members (excludes halogenated alkanes) is 24. The number of carboxylic acids is 1. The predicted octanol–water partition coefficient (Wildman–Crippen LogP) is 12.0. The molecule has 0 spiro atoms. The SMILES string of the molecule is CCCCCCCCCCCCCC(=O)O.CCCCCCCCCCCCCCCCCC(=O)OC(C)C. The van der Waals surface area contributed by atoms with Crippen molar-refractivity contribution < 1.29 is 19.4 Å². The topological polar surface area (TPSA) is 63.6 Å². The Bertz CT molecular complexity index is 489. The van der Waals surface area contributed by atoms with E-state index in [2.05, 4.69) is 13.8 Å². The maximum atomic E-state index is 11.4. The van der Waals surface area contributed by atoms with E-state index in [4.69, 9.17) is 9.84 Å². The van der Waals surface area contributed by atoms with Gasteiger partial charge in [0, 0.05) is 12.8 Å². The number of hydrogen-bond donors (Lipinski definition) is 1. The maximum absolute atomic E-state index is 11.4. The van der Waals surface area contributed by atoms with E-state index in [9.17, 15) is 9.59 Å². The van der Waals surface area contributed by atoms with Gasteiger partial charge in [0.15, 0.2) is 0 Å². The van der Waals surface area contributed by atoms with Crippen LogP contribution >= 0.6 is 0 Å². The predicted molar refractivity (Wildman–Crippen MR) is 169 cm³/mol. The molecule has 0 atom stereocenters. The molecule has 39 heavy (non-hydrogen) atoms. The van der Waals surface area contributed by atoms with Crippen molar-refractivity contribution in [2.75, 3.05) is 0 Å². The Morgan fingerprint density at radius 1 is 0.462 bits per heavy atom. The number of carboxylic acid groups (broad SMARTS) is 1. The summed E-state index contributed by atoms with van der Waals surface area (Å²) in [5.74, 6) is -0.689. The number of carbonyl (C=O) groups is 2. The molecule has 4 heteroatoms. The lowest BCUT2D eigenvalue weighted by atomic mass is 10.0. The Hall–Kier alpha value is -1.06. The van der Waals surface area contributed by atoms with Gasteiger partial charge >= 0.3 is 11.9 Å². The second-order valence-corrected chi connectivity index (χ2v) is 11.9. The van der Waals surface area contributed by atoms with Crippen LogP contribution in [0.4, 0.5) is 0 Å². The molecule has 0 amide bonds. The third kappa shape index (κ3) is 41.6. The van der Waals surface area contributed by atoms with E-state index in [1.54, 1.807) is 0 Å². The van der Waals surface area contributed by atoms with Gasteiger partial charge in [-0.25, -0.2) is 0 Å². The minimum atomic E-state index is -0.657. The average Bonchev–Trinajstić information content (AvgIpc) is 2.89. The second-order valence-electron chi connectivity index (χ2n) is 11.9. The first-order valence-electron chi connectivity index (χ1n) is 17.3. The summed E-state index contributed by atoms with van der Waals surface area (Å²) in [4.78, 5) is 21.6. The fourth-order valence-electron chi connectivity index (χ4n) is 4.90. The van der Waals surface area contributed by atoms with Crippen LogP contribution in [-0.2, 0) is 14.3 Å². The first-order valence-corrected chi connectivity index (χ1v) is 17.3. The van der Waals surface area contributed by atoms with E-state index in [0.29, 0.717) is 12.8 Å². The highest BCUT2D eigenvalue weighted by Gasteiger charge is 2.04. The summed E-state index contributed by atoms with van der Waals surface area (Å²) >= 11 is 0. The van der Waals surface area contributed by atoms with E-state index in [-0.39, 0.29) is 12.1 Å². The van der Waals surface area contributed by atoms with Gasteiger partial charge in [0.05, 0.1) is 6.10 Å². The van der Waals surface area contributed by atoms with Crippen LogP contribution in [0, 0.1) is 0 Å². The van der Waals surface area contributed by atoms with Crippen LogP contribution < -0.4 is 0 Å². The standard InChI is InChI=1S/C21H42O2.C14H28O2/c1-4-5-6-7-8-9-10-11-12-13-14-15-16-17-18-19-21(22)23-20(2)3;1-2-3-4-5-6-7-8-9-10-11-12-13-14(15)16/h20H,4-19H2,1-3H3;2-13H2,1H3,(H,15,16). The van der Waals surface area contributed by atoms with Crippen molar-refractivity contribution in [3.8, 4) is 0 Å². The van der Waals surface area contributed by atoms with Gasteiger partial charge in [0.2, 0.25) is 0 Å². The average molecular weight is 555 g/mol. The minimum absolute atomic E-state index is 0.0267. The molecule has 234 valence electrons. The zero-order valence-electron chi connectivity index (χ0n) is 27.0. The molecule has 0 aliphatic rings. The Morgan fingerprint density at radius 3 is 0.974 bits per heavy atom. The zero-order chi connectivity index (χ0) is 29.2. The lowest BCUT2D eigenvalue weighted by Gasteiger charge is -2.07. The molecule has 0 bridgehead atoms. The highest BCUT2D eigenvalue weighted by Crippen LogP contribution is 2.14. The number of carbonyl (C=O) groups excluding carboxylic acids is 1. The molecule has 0 aromatic carbocycles. The van der Waals surface area contributed by atoms with E-state index in [0.717, 1.165) is 19.3 Å². The molecule has 0 aliphatic carbocycles. The summed E-state index contributed by atoms with van der Waals surface area (Å²) < 4.78 is 5.13. The van der Waals surface area contributed by atoms with Crippen molar-refractivity contribution in [1.82, 2.24) is 0 Å². The summed E-state index contributed by atoms with van der Waals surface area (Å²) in [6.45, 7) is 8.34. The van der Waals surface area contributed by atoms with Crippen molar-refractivity contribution in [3.63, 3.8) is 0 Å². The van der Waals surface area contributed by atoms with Gasteiger partial charge in [-0.1, -0.05) is 168 Å². The molecular weight excluding hydrogens is 484 g/mol. The van der Waals surface area contributed by atoms with Crippen LogP contribution in [0.2, 0.25) is 0 Å². The third-order valence-electron chi connectivity index (χ3n) is 7.35. The van der Waals surface area contributed by atoms with Gasteiger partial charge in [-0.05, 0) is 26.7 Å². The van der Waals surface area contributed by atoms with Gasteiger partial charge in [-0.2, -0.15) is 0 Å². The normalized spacial score (nSPS) is 10.9. The van der Waals surface area contributed by atoms with Gasteiger partial charge in [0.25, 0.3) is 0 Å². The van der Waals surface area contributed by atoms with Crippen LogP contribution in [-0.4, -0.2) is 23.1 Å².